The van der Waals surface area contributed by atoms with E-state index >= 15 is 0 Å². The van der Waals surface area contributed by atoms with Crippen LogP contribution in [0, 0.1) is 12.3 Å². The third-order valence-electron chi connectivity index (χ3n) is 7.33. The molecule has 0 bridgehead atoms. The van der Waals surface area contributed by atoms with E-state index in [4.69, 9.17) is 19.7 Å². The topological polar surface area (TPSA) is 182 Å². The molecule has 0 amide bonds. The van der Waals surface area contributed by atoms with Crippen molar-refractivity contribution in [3.63, 3.8) is 0 Å². The second-order valence-electron chi connectivity index (χ2n) is 11.1. The molecule has 0 aliphatic carbocycles. The summed E-state index contributed by atoms with van der Waals surface area (Å²) in [5.41, 5.74) is 9.65. The lowest BCUT2D eigenvalue weighted by atomic mass is 9.81. The van der Waals surface area contributed by atoms with E-state index < -0.39 is 27.5 Å². The van der Waals surface area contributed by atoms with Crippen molar-refractivity contribution >= 4 is 16.0 Å². The number of hydrogen-bond donors (Lipinski definition) is 1. The molecule has 1 unspecified atom stereocenters. The number of nitrogens with zero attached hydrogens (tertiary/aromatic N) is 7. The van der Waals surface area contributed by atoms with Gasteiger partial charge in [0.1, 0.15) is 22.4 Å². The molecule has 0 fully saturated rings. The Morgan fingerprint density at radius 1 is 1.27 bits per heavy atom. The number of aromatic nitrogens is 3. The number of azide groups is 1. The van der Waals surface area contributed by atoms with Crippen LogP contribution in [0.5, 0.6) is 5.75 Å². The Bertz CT molecular complexity index is 1620. The van der Waals surface area contributed by atoms with Gasteiger partial charge in [0.2, 0.25) is 10.0 Å². The number of ether oxygens (including phenoxy) is 3. The number of benzene rings is 2. The van der Waals surface area contributed by atoms with Crippen molar-refractivity contribution in [2.45, 2.75) is 64.5 Å². The maximum atomic E-state index is 13.6. The zero-order valence-electron chi connectivity index (χ0n) is 25.2. The minimum atomic E-state index is -3.86. The molecule has 1 aliphatic heterocycles. The van der Waals surface area contributed by atoms with E-state index in [2.05, 4.69) is 20.3 Å². The molecular weight excluding hydrogens is 590 g/mol. The number of rotatable bonds is 14. The van der Waals surface area contributed by atoms with Gasteiger partial charge in [-0.25, -0.2) is 13.1 Å². The molecule has 2 aromatic carbocycles. The van der Waals surface area contributed by atoms with Crippen molar-refractivity contribution in [2.75, 3.05) is 26.3 Å². The van der Waals surface area contributed by atoms with Crippen LogP contribution in [0.25, 0.3) is 10.4 Å². The summed E-state index contributed by atoms with van der Waals surface area (Å²) in [5.74, 6) is -0.733. The van der Waals surface area contributed by atoms with Crippen LogP contribution >= 0.6 is 0 Å². The molecule has 15 heteroatoms. The summed E-state index contributed by atoms with van der Waals surface area (Å²) < 4.78 is 47.8. The average Bonchev–Trinajstić information content (AvgIpc) is 3.40. The maximum absolute atomic E-state index is 13.6. The predicted octanol–water partition coefficient (Wildman–Crippen LogP) is 4.25. The number of carboxylic acid groups (broad SMARTS) is 1. The summed E-state index contributed by atoms with van der Waals surface area (Å²) in [5, 5.41) is 21.7. The molecule has 1 aliphatic rings. The minimum absolute atomic E-state index is 0.00549. The van der Waals surface area contributed by atoms with E-state index in [1.807, 2.05) is 26.0 Å². The number of aryl methyl sites for hydroxylation is 1. The Morgan fingerprint density at radius 2 is 2.05 bits per heavy atom. The first kappa shape index (κ1) is 32.9. The Hall–Kier alpha value is -4.01. The van der Waals surface area contributed by atoms with Crippen molar-refractivity contribution in [1.29, 1.82) is 0 Å². The van der Waals surface area contributed by atoms with Gasteiger partial charge in [0.05, 0.1) is 50.6 Å². The molecule has 0 saturated carbocycles. The average molecular weight is 628 g/mol. The molecule has 1 aromatic heterocycles. The Morgan fingerprint density at radius 3 is 2.80 bits per heavy atom. The van der Waals surface area contributed by atoms with E-state index in [0.29, 0.717) is 36.8 Å². The van der Waals surface area contributed by atoms with Crippen LogP contribution in [-0.4, -0.2) is 71.2 Å². The Labute approximate surface area is 256 Å². The van der Waals surface area contributed by atoms with Gasteiger partial charge in [-0.05, 0) is 62.0 Å². The van der Waals surface area contributed by atoms with Crippen LogP contribution in [0.15, 0.2) is 58.7 Å². The summed E-state index contributed by atoms with van der Waals surface area (Å²) >= 11 is 0. The van der Waals surface area contributed by atoms with E-state index in [1.54, 1.807) is 49.0 Å². The van der Waals surface area contributed by atoms with Crippen LogP contribution in [0.3, 0.4) is 0 Å². The maximum Gasteiger partial charge on any atom is 0.312 e. The van der Waals surface area contributed by atoms with Gasteiger partial charge in [0.15, 0.2) is 0 Å². The lowest BCUT2D eigenvalue weighted by Crippen LogP contribution is -2.36. The molecule has 4 rings (SSSR count). The predicted molar refractivity (Wildman–Crippen MR) is 159 cm³/mol. The zero-order valence-corrected chi connectivity index (χ0v) is 26.0. The van der Waals surface area contributed by atoms with Crippen molar-refractivity contribution < 1.29 is 32.5 Å². The number of hydrogen-bond acceptors (Lipinski definition) is 9. The van der Waals surface area contributed by atoms with Crippen LogP contribution in [-0.2, 0) is 44.0 Å². The summed E-state index contributed by atoms with van der Waals surface area (Å²) in [6.07, 6.45) is 0.418. The monoisotopic (exact) mass is 627 g/mol. The number of fused-ring (bicyclic) bond motifs is 1. The highest BCUT2D eigenvalue weighted by molar-refractivity contribution is 7.89. The van der Waals surface area contributed by atoms with E-state index in [0.717, 1.165) is 11.1 Å². The largest absolute Gasteiger partial charge is 0.488 e. The fourth-order valence-corrected chi connectivity index (χ4v) is 6.44. The lowest BCUT2D eigenvalue weighted by molar-refractivity contribution is -0.158. The summed E-state index contributed by atoms with van der Waals surface area (Å²) in [6, 6.07) is 12.0. The fourth-order valence-electron chi connectivity index (χ4n) is 4.83. The van der Waals surface area contributed by atoms with Gasteiger partial charge in [0.25, 0.3) is 0 Å². The molecule has 2 atom stereocenters. The quantitative estimate of drug-likeness (QED) is 0.118. The van der Waals surface area contributed by atoms with E-state index in [1.165, 1.54) is 10.4 Å². The molecule has 0 spiro atoms. The molecule has 0 radical (unpaired) electrons. The number of carboxylic acids is 1. The lowest BCUT2D eigenvalue weighted by Gasteiger charge is -2.31. The van der Waals surface area contributed by atoms with Gasteiger partial charge < -0.3 is 19.3 Å². The molecule has 236 valence electrons. The highest BCUT2D eigenvalue weighted by atomic mass is 32.2. The van der Waals surface area contributed by atoms with Crippen molar-refractivity contribution in [2.24, 2.45) is 10.5 Å². The highest BCUT2D eigenvalue weighted by Crippen LogP contribution is 2.39. The standard InChI is InChI=1S/C29H37N7O7S/c1-20-9-10-22(15-23(20)17-36-16-21(2)43-25-7-5-6-8-26(25)44(36,39)40)27(29(3,4)28(37)38)42-19-24-18-35(34-32-24)12-14-41-13-11-31-33-30/h5-10,15,18,21,27H,11-14,16-17,19H2,1-4H3,(H,37,38)/t21-,27?/m1/s1. The molecule has 1 N–H and O–H groups in total. The SMILES string of the molecule is Cc1ccc(C(OCc2cn(CCOCCN=[N+]=[N-])nn2)C(C)(C)C(=O)O)cc1CN1C[C@@H](C)Oc2ccccc2S1(=O)=O. The first-order valence-electron chi connectivity index (χ1n) is 14.1. The molecule has 44 heavy (non-hydrogen) atoms. The fraction of sp³-hybridized carbons (Fsp3) is 0.483. The number of sulfonamides is 1. The van der Waals surface area contributed by atoms with Crippen molar-refractivity contribution in [3.05, 3.63) is 81.5 Å². The number of para-hydroxylation sites is 1. The summed E-state index contributed by atoms with van der Waals surface area (Å²) in [4.78, 5) is 15.1. The molecule has 14 nitrogen and oxygen atoms in total. The third-order valence-corrected chi connectivity index (χ3v) is 9.18. The Balaban J connectivity index is 1.54. The molecular formula is C29H37N7O7S. The van der Waals surface area contributed by atoms with Gasteiger partial charge >= 0.3 is 5.97 Å². The van der Waals surface area contributed by atoms with Crippen molar-refractivity contribution in [3.8, 4) is 5.75 Å². The van der Waals surface area contributed by atoms with Crippen molar-refractivity contribution in [1.82, 2.24) is 19.3 Å². The van der Waals surface area contributed by atoms with Crippen LogP contribution in [0.1, 0.15) is 49.3 Å². The first-order valence-corrected chi connectivity index (χ1v) is 15.6. The van der Waals surface area contributed by atoms with Gasteiger partial charge in [-0.1, -0.05) is 40.7 Å². The van der Waals surface area contributed by atoms with Crippen LogP contribution < -0.4 is 4.74 Å². The van der Waals surface area contributed by atoms with Gasteiger partial charge in [-0.2, -0.15) is 4.31 Å². The summed E-state index contributed by atoms with van der Waals surface area (Å²) in [7, 11) is -3.86. The molecule has 2 heterocycles. The van der Waals surface area contributed by atoms with E-state index in [-0.39, 0.29) is 37.2 Å². The third kappa shape index (κ3) is 7.73. The number of aliphatic carboxylic acids is 1. The second-order valence-corrected chi connectivity index (χ2v) is 13.0. The van der Waals surface area contributed by atoms with Gasteiger partial charge in [-0.15, -0.1) is 5.10 Å². The van der Waals surface area contributed by atoms with Crippen LogP contribution in [0.2, 0.25) is 0 Å². The normalized spacial score (nSPS) is 17.1. The first-order chi connectivity index (χ1) is 20.9. The van der Waals surface area contributed by atoms with E-state index in [9.17, 15) is 18.3 Å². The summed E-state index contributed by atoms with van der Waals surface area (Å²) in [6.45, 7) is 8.38. The van der Waals surface area contributed by atoms with Crippen LogP contribution in [0.4, 0.5) is 0 Å². The number of carbonyl (C=O) groups is 1. The molecule has 3 aromatic rings. The molecule has 0 saturated heterocycles. The Kier molecular flexibility index (Phi) is 10.6. The highest BCUT2D eigenvalue weighted by Gasteiger charge is 2.40. The zero-order chi connectivity index (χ0) is 31.9. The van der Waals surface area contributed by atoms with Gasteiger partial charge in [0, 0.05) is 18.0 Å². The smallest absolute Gasteiger partial charge is 0.312 e. The second kappa shape index (κ2) is 14.2. The minimum Gasteiger partial charge on any atom is -0.488 e. The van der Waals surface area contributed by atoms with Gasteiger partial charge in [-0.3, -0.25) is 4.79 Å².